The van der Waals surface area contributed by atoms with Crippen molar-refractivity contribution in [2.45, 2.75) is 32.1 Å². The Bertz CT molecular complexity index is 1880. The van der Waals surface area contributed by atoms with E-state index in [-0.39, 0.29) is 39.4 Å². The van der Waals surface area contributed by atoms with Gasteiger partial charge in [-0.1, -0.05) is 18.1 Å². The van der Waals surface area contributed by atoms with Gasteiger partial charge in [-0.15, -0.1) is 6.42 Å². The molecule has 1 unspecified atom stereocenters. The van der Waals surface area contributed by atoms with E-state index in [1.54, 1.807) is 19.2 Å². The van der Waals surface area contributed by atoms with Gasteiger partial charge in [-0.25, -0.2) is 8.78 Å². The first-order valence-corrected chi connectivity index (χ1v) is 16.4. The normalized spacial score (nSPS) is 20.0. The maximum Gasteiger partial charge on any atom is 0.319 e. The summed E-state index contributed by atoms with van der Waals surface area (Å²) in [7, 11) is 1.80. The summed E-state index contributed by atoms with van der Waals surface area (Å²) < 4.78 is 43.6. The van der Waals surface area contributed by atoms with Gasteiger partial charge in [-0.2, -0.15) is 9.97 Å². The van der Waals surface area contributed by atoms with Crippen molar-refractivity contribution in [1.29, 1.82) is 0 Å². The van der Waals surface area contributed by atoms with Gasteiger partial charge in [0.1, 0.15) is 22.9 Å². The van der Waals surface area contributed by atoms with Gasteiger partial charge in [0, 0.05) is 67.7 Å². The highest BCUT2D eigenvalue weighted by molar-refractivity contribution is 6.04. The molecule has 0 spiro atoms. The Morgan fingerprint density at radius 2 is 1.91 bits per heavy atom. The standard InChI is InChI=1S/C37H39F2N5O3/c1-3-27-31(38)9-6-25-19-26(45)20-30(32(25)27)28-7-8-29-34(33(28)39)41-36(42-35(29)44-13-4-5-24(10-14-44)21-40-2)47-23-37(11-12-37)22-43-15-17-46-18-16-43/h1,6-9,19-21,24,45H,4-5,10-18,22-23H2,2H3. The zero-order valence-electron chi connectivity index (χ0n) is 26.6. The molecule has 2 aliphatic heterocycles. The van der Waals surface area contributed by atoms with Crippen LogP contribution < -0.4 is 9.64 Å². The number of morpholine rings is 1. The number of hydrogen-bond acceptors (Lipinski definition) is 8. The maximum absolute atomic E-state index is 16.9. The SMILES string of the molecule is C#Cc1c(F)ccc2cc(O)cc(-c3ccc4c(N5CCCC(C=NC)CC5)nc(OCC5(CN6CCOCC6)CC5)nc4c3F)c12. The van der Waals surface area contributed by atoms with Crippen LogP contribution in [-0.2, 0) is 4.74 Å². The molecule has 8 nitrogen and oxygen atoms in total. The molecule has 10 heteroatoms. The van der Waals surface area contributed by atoms with Crippen LogP contribution in [0.3, 0.4) is 0 Å². The lowest BCUT2D eigenvalue weighted by atomic mass is 9.93. The average Bonchev–Trinajstić information content (AvgIpc) is 3.88. The Morgan fingerprint density at radius 1 is 1.09 bits per heavy atom. The molecule has 3 fully saturated rings. The summed E-state index contributed by atoms with van der Waals surface area (Å²) in [4.78, 5) is 18.4. The third-order valence-electron chi connectivity index (χ3n) is 9.81. The molecule has 3 aliphatic rings. The predicted molar refractivity (Wildman–Crippen MR) is 180 cm³/mol. The molecule has 1 atom stereocenters. The molecular weight excluding hydrogens is 600 g/mol. The Hall–Kier alpha value is -4.33. The van der Waals surface area contributed by atoms with Gasteiger partial charge in [0.15, 0.2) is 5.82 Å². The minimum atomic E-state index is -0.615. The fourth-order valence-electron chi connectivity index (χ4n) is 7.09. The van der Waals surface area contributed by atoms with Crippen LogP contribution in [0.15, 0.2) is 41.4 Å². The number of aliphatic imine (C=N–C) groups is 1. The van der Waals surface area contributed by atoms with Crippen LogP contribution >= 0.6 is 0 Å². The highest BCUT2D eigenvalue weighted by Crippen LogP contribution is 2.47. The Kier molecular flexibility index (Phi) is 8.69. The van der Waals surface area contributed by atoms with Crippen molar-refractivity contribution in [1.82, 2.24) is 14.9 Å². The molecule has 0 radical (unpaired) electrons. The van der Waals surface area contributed by atoms with Crippen LogP contribution in [-0.4, -0.2) is 85.8 Å². The van der Waals surface area contributed by atoms with E-state index in [1.807, 2.05) is 6.21 Å². The smallest absolute Gasteiger partial charge is 0.319 e. The van der Waals surface area contributed by atoms with Gasteiger partial charge in [-0.3, -0.25) is 4.90 Å². The Morgan fingerprint density at radius 3 is 2.68 bits per heavy atom. The summed E-state index contributed by atoms with van der Waals surface area (Å²) >= 11 is 0. The van der Waals surface area contributed by atoms with Crippen LogP contribution in [0.4, 0.5) is 14.6 Å². The van der Waals surface area contributed by atoms with E-state index in [4.69, 9.17) is 20.9 Å². The second kappa shape index (κ2) is 13.1. The number of fused-ring (bicyclic) bond motifs is 2. The van der Waals surface area contributed by atoms with Crippen molar-refractivity contribution < 1.29 is 23.4 Å². The van der Waals surface area contributed by atoms with Crippen molar-refractivity contribution >= 4 is 33.7 Å². The van der Waals surface area contributed by atoms with Gasteiger partial charge in [0.25, 0.3) is 0 Å². The number of anilines is 1. The van der Waals surface area contributed by atoms with E-state index < -0.39 is 11.6 Å². The van der Waals surface area contributed by atoms with E-state index in [1.165, 1.54) is 24.3 Å². The average molecular weight is 640 g/mol. The second-order valence-electron chi connectivity index (χ2n) is 13.1. The number of benzene rings is 3. The third-order valence-corrected chi connectivity index (χ3v) is 9.81. The molecule has 1 aliphatic carbocycles. The first-order chi connectivity index (χ1) is 22.9. The zero-order valence-corrected chi connectivity index (χ0v) is 26.6. The lowest BCUT2D eigenvalue weighted by Crippen LogP contribution is -2.41. The van der Waals surface area contributed by atoms with E-state index in [2.05, 4.69) is 25.7 Å². The van der Waals surface area contributed by atoms with Crippen LogP contribution in [0, 0.1) is 35.3 Å². The molecule has 7 rings (SSSR count). The monoisotopic (exact) mass is 639 g/mol. The highest BCUT2D eigenvalue weighted by Gasteiger charge is 2.45. The number of aromatic nitrogens is 2. The van der Waals surface area contributed by atoms with Crippen LogP contribution in [0.1, 0.15) is 37.7 Å². The molecule has 3 heterocycles. The number of halogens is 2. The van der Waals surface area contributed by atoms with Crippen LogP contribution in [0.5, 0.6) is 11.8 Å². The minimum Gasteiger partial charge on any atom is -0.508 e. The highest BCUT2D eigenvalue weighted by atomic mass is 19.1. The molecule has 47 heavy (non-hydrogen) atoms. The number of ether oxygens (including phenoxy) is 2. The summed E-state index contributed by atoms with van der Waals surface area (Å²) in [5.74, 6) is 2.12. The van der Waals surface area contributed by atoms with Gasteiger partial charge in [0.2, 0.25) is 0 Å². The number of phenols is 1. The van der Waals surface area contributed by atoms with Crippen molar-refractivity contribution in [2.75, 3.05) is 64.5 Å². The molecule has 0 amide bonds. The summed E-state index contributed by atoms with van der Waals surface area (Å²) in [5, 5.41) is 12.0. The fourth-order valence-corrected chi connectivity index (χ4v) is 7.09. The van der Waals surface area contributed by atoms with Crippen molar-refractivity contribution in [3.8, 4) is 35.2 Å². The Balaban J connectivity index is 1.31. The number of hydrogen-bond donors (Lipinski definition) is 1. The summed E-state index contributed by atoms with van der Waals surface area (Å²) in [6.45, 7) is 6.12. The summed E-state index contributed by atoms with van der Waals surface area (Å²) in [5.41, 5.74) is 0.563. The number of rotatable bonds is 8. The van der Waals surface area contributed by atoms with Crippen LogP contribution in [0.2, 0.25) is 0 Å². The number of aromatic hydroxyl groups is 1. The lowest BCUT2D eigenvalue weighted by Gasteiger charge is -2.30. The molecule has 1 saturated carbocycles. The molecule has 1 aromatic heterocycles. The third kappa shape index (κ3) is 6.34. The van der Waals surface area contributed by atoms with Gasteiger partial charge < -0.3 is 24.5 Å². The number of terminal acetylenes is 1. The van der Waals surface area contributed by atoms with Gasteiger partial charge in [-0.05, 0) is 73.2 Å². The van der Waals surface area contributed by atoms with Gasteiger partial charge >= 0.3 is 6.01 Å². The molecule has 0 bridgehead atoms. The quantitative estimate of drug-likeness (QED) is 0.181. The van der Waals surface area contributed by atoms with Crippen molar-refractivity contribution in [2.24, 2.45) is 16.3 Å². The van der Waals surface area contributed by atoms with E-state index in [0.29, 0.717) is 34.5 Å². The molecule has 1 N–H and O–H groups in total. The number of nitrogens with zero attached hydrogens (tertiary/aromatic N) is 5. The second-order valence-corrected chi connectivity index (χ2v) is 13.1. The topological polar surface area (TPSA) is 83.3 Å². The molecule has 3 aromatic carbocycles. The van der Waals surface area contributed by atoms with Crippen molar-refractivity contribution in [3.05, 3.63) is 53.6 Å². The number of phenolic OH excluding ortho intramolecular Hbond substituents is 1. The van der Waals surface area contributed by atoms with E-state index >= 15 is 4.39 Å². The fraction of sp³-hybridized carbons (Fsp3) is 0.432. The summed E-state index contributed by atoms with van der Waals surface area (Å²) in [6.07, 6.45) is 12.7. The van der Waals surface area contributed by atoms with Gasteiger partial charge in [0.05, 0.1) is 25.4 Å². The molecule has 2 saturated heterocycles. The molecular formula is C37H39F2N5O3. The first-order valence-electron chi connectivity index (χ1n) is 16.4. The first kappa shape index (κ1) is 31.3. The summed E-state index contributed by atoms with van der Waals surface area (Å²) in [6, 6.07) is 9.25. The van der Waals surface area contributed by atoms with E-state index in [0.717, 1.165) is 78.0 Å². The molecule has 4 aromatic rings. The van der Waals surface area contributed by atoms with Crippen LogP contribution in [0.25, 0.3) is 32.8 Å². The molecule has 244 valence electrons. The van der Waals surface area contributed by atoms with Crippen molar-refractivity contribution in [3.63, 3.8) is 0 Å². The minimum absolute atomic E-state index is 0.00846. The largest absolute Gasteiger partial charge is 0.508 e. The Labute approximate surface area is 273 Å². The van der Waals surface area contributed by atoms with E-state index in [9.17, 15) is 9.50 Å². The predicted octanol–water partition coefficient (Wildman–Crippen LogP) is 6.21. The lowest BCUT2D eigenvalue weighted by molar-refractivity contribution is 0.0231. The zero-order chi connectivity index (χ0) is 32.5. The maximum atomic E-state index is 16.9.